The summed E-state index contributed by atoms with van der Waals surface area (Å²) in [5.74, 6) is 2.43. The number of aromatic amines is 1. The van der Waals surface area contributed by atoms with Crippen LogP contribution in [0.25, 0.3) is 22.0 Å². The SMILES string of the molecule is C=CC(=O)N1CC2(CCN(c3cc(-c4c(C)ccc5[nH]ncc45)c4c(n3)C[C@H]3[C@@H]4C3(C)C)C2)C1. The van der Waals surface area contributed by atoms with Crippen LogP contribution in [0.15, 0.2) is 37.1 Å². The molecule has 1 aromatic carbocycles. The van der Waals surface area contributed by atoms with E-state index in [1.54, 1.807) is 0 Å². The van der Waals surface area contributed by atoms with E-state index in [4.69, 9.17) is 4.98 Å². The van der Waals surface area contributed by atoms with Crippen molar-refractivity contribution < 1.29 is 4.79 Å². The molecule has 3 fully saturated rings. The van der Waals surface area contributed by atoms with E-state index in [-0.39, 0.29) is 11.3 Å². The largest absolute Gasteiger partial charge is 0.356 e. The van der Waals surface area contributed by atoms with E-state index in [9.17, 15) is 4.79 Å². The van der Waals surface area contributed by atoms with Crippen molar-refractivity contribution in [3.63, 3.8) is 0 Å². The number of fused-ring (bicyclic) bond motifs is 4. The van der Waals surface area contributed by atoms with E-state index < -0.39 is 0 Å². The van der Waals surface area contributed by atoms with Crippen LogP contribution in [-0.4, -0.2) is 52.2 Å². The Morgan fingerprint density at radius 3 is 2.88 bits per heavy atom. The molecule has 34 heavy (non-hydrogen) atoms. The zero-order valence-electron chi connectivity index (χ0n) is 20.2. The summed E-state index contributed by atoms with van der Waals surface area (Å²) < 4.78 is 0. The average Bonchev–Trinajstić information content (AvgIpc) is 3.34. The lowest BCUT2D eigenvalue weighted by Gasteiger charge is -2.47. The predicted octanol–water partition coefficient (Wildman–Crippen LogP) is 4.45. The summed E-state index contributed by atoms with van der Waals surface area (Å²) >= 11 is 0. The Bertz CT molecular complexity index is 1380. The first-order chi connectivity index (χ1) is 16.3. The summed E-state index contributed by atoms with van der Waals surface area (Å²) in [6.45, 7) is 14.3. The number of carbonyl (C=O) groups is 1. The normalized spacial score (nSPS) is 25.4. The number of pyridine rings is 1. The van der Waals surface area contributed by atoms with Crippen molar-refractivity contribution in [3.05, 3.63) is 53.9 Å². The van der Waals surface area contributed by atoms with Gasteiger partial charge in [0.25, 0.3) is 0 Å². The summed E-state index contributed by atoms with van der Waals surface area (Å²) in [5, 5.41) is 8.71. The Labute approximate surface area is 200 Å². The molecule has 0 bridgehead atoms. The zero-order chi connectivity index (χ0) is 23.4. The first kappa shape index (κ1) is 20.2. The van der Waals surface area contributed by atoms with Crippen molar-refractivity contribution >= 4 is 22.6 Å². The Hall–Kier alpha value is -3.15. The maximum absolute atomic E-state index is 12.0. The number of hydrogen-bond donors (Lipinski definition) is 1. The molecule has 2 aromatic heterocycles. The molecular weight excluding hydrogens is 422 g/mol. The number of carbonyl (C=O) groups excluding carboxylic acids is 1. The molecule has 7 rings (SSSR count). The van der Waals surface area contributed by atoms with Gasteiger partial charge in [0.15, 0.2) is 0 Å². The number of rotatable bonds is 3. The Kier molecular flexibility index (Phi) is 3.87. The molecule has 174 valence electrons. The van der Waals surface area contributed by atoms with E-state index in [1.807, 2.05) is 11.1 Å². The molecule has 4 heterocycles. The van der Waals surface area contributed by atoms with Crippen LogP contribution < -0.4 is 4.90 Å². The number of nitrogens with one attached hydrogen (secondary N) is 1. The lowest BCUT2D eigenvalue weighted by atomic mass is 9.79. The average molecular weight is 454 g/mol. The fraction of sp³-hybridized carbons (Fsp3) is 0.464. The molecule has 1 amide bonds. The molecule has 2 atom stereocenters. The van der Waals surface area contributed by atoms with Gasteiger partial charge in [-0.05, 0) is 77.5 Å². The van der Waals surface area contributed by atoms with Crippen LogP contribution in [0.1, 0.15) is 43.0 Å². The summed E-state index contributed by atoms with van der Waals surface area (Å²) in [4.78, 5) is 21.6. The summed E-state index contributed by atoms with van der Waals surface area (Å²) in [6, 6.07) is 6.69. The minimum atomic E-state index is 0.0486. The molecule has 3 aromatic rings. The van der Waals surface area contributed by atoms with Crippen molar-refractivity contribution in [3.8, 4) is 11.1 Å². The lowest BCUT2D eigenvalue weighted by molar-refractivity contribution is -0.136. The molecule has 1 N–H and O–H groups in total. The number of amides is 1. The molecule has 0 unspecified atom stereocenters. The first-order valence-corrected chi connectivity index (χ1v) is 12.4. The number of hydrogen-bond acceptors (Lipinski definition) is 4. The van der Waals surface area contributed by atoms with Gasteiger partial charge in [-0.3, -0.25) is 9.89 Å². The number of likely N-dealkylation sites (tertiary alicyclic amines) is 1. The van der Waals surface area contributed by atoms with Crippen LogP contribution in [0, 0.1) is 23.7 Å². The second-order valence-corrected chi connectivity index (χ2v) is 11.7. The zero-order valence-corrected chi connectivity index (χ0v) is 20.2. The number of aromatic nitrogens is 3. The number of benzene rings is 1. The van der Waals surface area contributed by atoms with E-state index in [2.05, 4.69) is 60.6 Å². The molecule has 6 heteroatoms. The van der Waals surface area contributed by atoms with Crippen molar-refractivity contribution in [2.24, 2.45) is 16.7 Å². The van der Waals surface area contributed by atoms with Gasteiger partial charge >= 0.3 is 0 Å². The molecule has 1 saturated carbocycles. The number of anilines is 1. The van der Waals surface area contributed by atoms with E-state index in [0.29, 0.717) is 17.3 Å². The Morgan fingerprint density at radius 2 is 2.09 bits per heavy atom. The third kappa shape index (κ3) is 2.60. The lowest BCUT2D eigenvalue weighted by Crippen LogP contribution is -2.59. The standard InChI is InChI=1S/C28H31N5O/c1-5-23(34)33-14-28(15-33)8-9-32(13-28)22-10-17(24-16(2)6-7-20-18(24)12-29-31-20)25-21(30-22)11-19-26(25)27(19,3)4/h5-7,10,12,19,26H,1,8-9,11,13-15H2,2-4H3,(H,29,31)/t19-,26-/m0/s1. The topological polar surface area (TPSA) is 65.1 Å². The van der Waals surface area contributed by atoms with E-state index in [1.165, 1.54) is 39.4 Å². The molecule has 1 spiro atoms. The highest BCUT2D eigenvalue weighted by molar-refractivity contribution is 5.98. The van der Waals surface area contributed by atoms with Crippen molar-refractivity contribution in [2.45, 2.75) is 39.5 Å². The molecule has 2 saturated heterocycles. The van der Waals surface area contributed by atoms with Crippen LogP contribution in [-0.2, 0) is 11.2 Å². The maximum atomic E-state index is 12.0. The summed E-state index contributed by atoms with van der Waals surface area (Å²) in [5.41, 5.74) is 8.33. The summed E-state index contributed by atoms with van der Waals surface area (Å²) in [7, 11) is 0. The minimum absolute atomic E-state index is 0.0486. The maximum Gasteiger partial charge on any atom is 0.245 e. The van der Waals surface area contributed by atoms with Gasteiger partial charge in [0.05, 0.1) is 11.7 Å². The molecule has 2 aliphatic heterocycles. The smallest absolute Gasteiger partial charge is 0.245 e. The van der Waals surface area contributed by atoms with Crippen LogP contribution in [0.5, 0.6) is 0 Å². The van der Waals surface area contributed by atoms with E-state index >= 15 is 0 Å². The fourth-order valence-electron chi connectivity index (χ4n) is 7.29. The molecule has 4 aliphatic rings. The van der Waals surface area contributed by atoms with Gasteiger partial charge in [-0.2, -0.15) is 5.10 Å². The second kappa shape index (κ2) is 6.49. The van der Waals surface area contributed by atoms with Crippen LogP contribution in [0.2, 0.25) is 0 Å². The number of nitrogens with zero attached hydrogens (tertiary/aromatic N) is 4. The van der Waals surface area contributed by atoms with E-state index in [0.717, 1.165) is 50.4 Å². The van der Waals surface area contributed by atoms with Gasteiger partial charge in [-0.25, -0.2) is 4.98 Å². The molecule has 6 nitrogen and oxygen atoms in total. The highest BCUT2D eigenvalue weighted by atomic mass is 16.2. The van der Waals surface area contributed by atoms with Gasteiger partial charge < -0.3 is 9.80 Å². The second-order valence-electron chi connectivity index (χ2n) is 11.7. The van der Waals surface area contributed by atoms with Crippen molar-refractivity contribution in [1.82, 2.24) is 20.1 Å². The third-order valence-corrected chi connectivity index (χ3v) is 9.30. The van der Waals surface area contributed by atoms with Gasteiger partial charge in [0.1, 0.15) is 5.82 Å². The first-order valence-electron chi connectivity index (χ1n) is 12.4. The molecular formula is C28H31N5O. The predicted molar refractivity (Wildman–Crippen MR) is 134 cm³/mol. The Morgan fingerprint density at radius 1 is 1.26 bits per heavy atom. The Balaban J connectivity index is 1.31. The third-order valence-electron chi connectivity index (χ3n) is 9.30. The van der Waals surface area contributed by atoms with Gasteiger partial charge in [-0.15, -0.1) is 0 Å². The van der Waals surface area contributed by atoms with Crippen molar-refractivity contribution in [1.29, 1.82) is 0 Å². The van der Waals surface area contributed by atoms with Gasteiger partial charge in [-0.1, -0.05) is 26.5 Å². The number of aryl methyl sites for hydroxylation is 1. The highest BCUT2D eigenvalue weighted by Crippen LogP contribution is 2.71. The van der Waals surface area contributed by atoms with Crippen LogP contribution >= 0.6 is 0 Å². The monoisotopic (exact) mass is 453 g/mol. The van der Waals surface area contributed by atoms with Crippen molar-refractivity contribution in [2.75, 3.05) is 31.1 Å². The van der Waals surface area contributed by atoms with Crippen LogP contribution in [0.4, 0.5) is 5.82 Å². The van der Waals surface area contributed by atoms with Gasteiger partial charge in [0.2, 0.25) is 5.91 Å². The van der Waals surface area contributed by atoms with Crippen LogP contribution in [0.3, 0.4) is 0 Å². The minimum Gasteiger partial charge on any atom is -0.356 e. The number of H-pyrrole nitrogens is 1. The quantitative estimate of drug-likeness (QED) is 0.595. The molecule has 2 aliphatic carbocycles. The van der Waals surface area contributed by atoms with Gasteiger partial charge in [0, 0.05) is 42.7 Å². The highest BCUT2D eigenvalue weighted by Gasteiger charge is 2.63. The fourth-order valence-corrected chi connectivity index (χ4v) is 7.29. The molecule has 0 radical (unpaired) electrons. The summed E-state index contributed by atoms with van der Waals surface area (Å²) in [6.07, 6.45) is 5.59.